The molecule has 122 valence electrons. The van der Waals surface area contributed by atoms with E-state index in [9.17, 15) is 0 Å². The quantitative estimate of drug-likeness (QED) is 0.478. The Bertz CT molecular complexity index is 1000. The molecule has 0 aliphatic carbocycles. The fourth-order valence-corrected chi connectivity index (χ4v) is 3.71. The van der Waals surface area contributed by atoms with Crippen molar-refractivity contribution in [2.45, 2.75) is 6.54 Å². The number of hydrogen-bond acceptors (Lipinski definition) is 2. The fourth-order valence-electron chi connectivity index (χ4n) is 2.80. The zero-order valence-corrected chi connectivity index (χ0v) is 14.6. The van der Waals surface area contributed by atoms with Crippen molar-refractivity contribution in [3.8, 4) is 16.9 Å². The van der Waals surface area contributed by atoms with E-state index in [2.05, 4.69) is 82.7 Å². The van der Waals surface area contributed by atoms with Crippen molar-refractivity contribution >= 4 is 11.3 Å². The minimum atomic E-state index is 0.683. The molecule has 1 heterocycles. The summed E-state index contributed by atoms with van der Waals surface area (Å²) < 4.78 is 2.24. The Morgan fingerprint density at radius 2 is 1.32 bits per heavy atom. The molecule has 0 aliphatic heterocycles. The van der Waals surface area contributed by atoms with E-state index in [0.29, 0.717) is 6.54 Å². The van der Waals surface area contributed by atoms with Gasteiger partial charge in [-0.15, -0.1) is 11.3 Å². The summed E-state index contributed by atoms with van der Waals surface area (Å²) in [4.78, 5) is 5.89. The standard InChI is InChI=1S/C22H18N2S/c1-4-10-18(11-5-1)16-23-22-24(20-14-8-3-9-15-20)21(17-25-22)19-12-6-2-7-13-19/h1-15,17H,16H2. The minimum Gasteiger partial charge on any atom is -0.285 e. The first-order valence-corrected chi connectivity index (χ1v) is 9.15. The van der Waals surface area contributed by atoms with Crippen LogP contribution < -0.4 is 4.80 Å². The van der Waals surface area contributed by atoms with Gasteiger partial charge in [0.2, 0.25) is 0 Å². The van der Waals surface area contributed by atoms with E-state index in [1.54, 1.807) is 11.3 Å². The van der Waals surface area contributed by atoms with E-state index in [4.69, 9.17) is 4.99 Å². The molecule has 25 heavy (non-hydrogen) atoms. The lowest BCUT2D eigenvalue weighted by Crippen LogP contribution is -2.14. The summed E-state index contributed by atoms with van der Waals surface area (Å²) >= 11 is 1.68. The normalized spacial score (nSPS) is 11.6. The summed E-state index contributed by atoms with van der Waals surface area (Å²) in [6.45, 7) is 0.683. The summed E-state index contributed by atoms with van der Waals surface area (Å²) in [7, 11) is 0. The topological polar surface area (TPSA) is 17.3 Å². The molecule has 0 spiro atoms. The average Bonchev–Trinajstić information content (AvgIpc) is 3.12. The smallest absolute Gasteiger partial charge is 0.190 e. The highest BCUT2D eigenvalue weighted by atomic mass is 32.1. The Hall–Kier alpha value is -2.91. The first-order valence-electron chi connectivity index (χ1n) is 8.27. The molecule has 0 bridgehead atoms. The highest BCUT2D eigenvalue weighted by Crippen LogP contribution is 2.23. The molecule has 0 fully saturated rings. The molecule has 0 amide bonds. The fraction of sp³-hybridized carbons (Fsp3) is 0.0455. The second-order valence-electron chi connectivity index (χ2n) is 5.74. The van der Waals surface area contributed by atoms with Crippen molar-refractivity contribution in [3.63, 3.8) is 0 Å². The molecule has 2 nitrogen and oxygen atoms in total. The van der Waals surface area contributed by atoms with Gasteiger partial charge in [0.25, 0.3) is 0 Å². The molecule has 0 saturated carbocycles. The molecule has 3 heteroatoms. The molecule has 0 atom stereocenters. The summed E-state index contributed by atoms with van der Waals surface area (Å²) in [6, 6.07) is 31.3. The first kappa shape index (κ1) is 15.6. The molecule has 4 aromatic rings. The lowest BCUT2D eigenvalue weighted by molar-refractivity contribution is 0.928. The van der Waals surface area contributed by atoms with Crippen molar-refractivity contribution in [1.82, 2.24) is 4.57 Å². The van der Waals surface area contributed by atoms with Crippen LogP contribution in [0, 0.1) is 0 Å². The average molecular weight is 342 g/mol. The zero-order chi connectivity index (χ0) is 16.9. The Morgan fingerprint density at radius 1 is 0.720 bits per heavy atom. The second kappa shape index (κ2) is 7.32. The van der Waals surface area contributed by atoms with Crippen molar-refractivity contribution in [3.05, 3.63) is 107 Å². The van der Waals surface area contributed by atoms with Gasteiger partial charge in [0, 0.05) is 11.1 Å². The highest BCUT2D eigenvalue weighted by Gasteiger charge is 2.09. The van der Waals surface area contributed by atoms with Crippen LogP contribution in [0.1, 0.15) is 5.56 Å². The van der Waals surface area contributed by atoms with Crippen LogP contribution in [0.4, 0.5) is 0 Å². The monoisotopic (exact) mass is 342 g/mol. The molecular weight excluding hydrogens is 324 g/mol. The SMILES string of the molecule is c1ccc(CN=c2scc(-c3ccccc3)n2-c2ccccc2)cc1. The lowest BCUT2D eigenvalue weighted by atomic mass is 10.1. The number of rotatable bonds is 4. The van der Waals surface area contributed by atoms with Crippen molar-refractivity contribution in [2.24, 2.45) is 4.99 Å². The highest BCUT2D eigenvalue weighted by molar-refractivity contribution is 7.07. The van der Waals surface area contributed by atoms with Gasteiger partial charge in [-0.3, -0.25) is 9.56 Å². The van der Waals surface area contributed by atoms with Crippen LogP contribution in [0.25, 0.3) is 16.9 Å². The van der Waals surface area contributed by atoms with Crippen LogP contribution in [-0.2, 0) is 6.54 Å². The van der Waals surface area contributed by atoms with Gasteiger partial charge in [0.05, 0.1) is 12.2 Å². The number of aromatic nitrogens is 1. The van der Waals surface area contributed by atoms with Crippen LogP contribution in [0.15, 0.2) is 101 Å². The Labute approximate surface area is 151 Å². The maximum absolute atomic E-state index is 4.88. The van der Waals surface area contributed by atoms with Gasteiger partial charge >= 0.3 is 0 Å². The summed E-state index contributed by atoms with van der Waals surface area (Å²) in [5, 5.41) is 2.19. The lowest BCUT2D eigenvalue weighted by Gasteiger charge is -2.09. The van der Waals surface area contributed by atoms with E-state index < -0.39 is 0 Å². The number of hydrogen-bond donors (Lipinski definition) is 0. The molecule has 0 aliphatic rings. The Morgan fingerprint density at radius 3 is 2.00 bits per heavy atom. The van der Waals surface area contributed by atoms with Gasteiger partial charge in [0.1, 0.15) is 0 Å². The summed E-state index contributed by atoms with van der Waals surface area (Å²) in [6.07, 6.45) is 0. The first-order chi connectivity index (χ1) is 12.4. The van der Waals surface area contributed by atoms with Crippen molar-refractivity contribution < 1.29 is 0 Å². The van der Waals surface area contributed by atoms with E-state index in [1.807, 2.05) is 18.2 Å². The third-order valence-electron chi connectivity index (χ3n) is 4.03. The molecule has 3 aromatic carbocycles. The number of nitrogens with zero attached hydrogens (tertiary/aromatic N) is 2. The van der Waals surface area contributed by atoms with Gasteiger partial charge in [-0.2, -0.15) is 0 Å². The summed E-state index contributed by atoms with van der Waals surface area (Å²) in [5.41, 5.74) is 4.72. The number of para-hydroxylation sites is 1. The van der Waals surface area contributed by atoms with Gasteiger partial charge in [-0.05, 0) is 23.3 Å². The number of thiazole rings is 1. The molecule has 0 N–H and O–H groups in total. The predicted octanol–water partition coefficient (Wildman–Crippen LogP) is 5.31. The molecule has 0 saturated heterocycles. The molecule has 0 unspecified atom stereocenters. The third-order valence-corrected chi connectivity index (χ3v) is 4.90. The maximum atomic E-state index is 4.88. The molecule has 1 aromatic heterocycles. The van der Waals surface area contributed by atoms with Crippen LogP contribution >= 0.6 is 11.3 Å². The van der Waals surface area contributed by atoms with E-state index >= 15 is 0 Å². The van der Waals surface area contributed by atoms with Gasteiger partial charge < -0.3 is 0 Å². The van der Waals surface area contributed by atoms with Crippen LogP contribution in [-0.4, -0.2) is 4.57 Å². The van der Waals surface area contributed by atoms with Crippen LogP contribution in [0.2, 0.25) is 0 Å². The zero-order valence-electron chi connectivity index (χ0n) is 13.7. The van der Waals surface area contributed by atoms with Crippen molar-refractivity contribution in [2.75, 3.05) is 0 Å². The Kier molecular flexibility index (Phi) is 4.57. The maximum Gasteiger partial charge on any atom is 0.190 e. The van der Waals surface area contributed by atoms with Crippen LogP contribution in [0.5, 0.6) is 0 Å². The molecule has 4 rings (SSSR count). The van der Waals surface area contributed by atoms with Gasteiger partial charge in [-0.1, -0.05) is 78.9 Å². The number of benzene rings is 3. The van der Waals surface area contributed by atoms with Crippen LogP contribution in [0.3, 0.4) is 0 Å². The minimum absolute atomic E-state index is 0.683. The largest absolute Gasteiger partial charge is 0.285 e. The van der Waals surface area contributed by atoms with E-state index in [-0.39, 0.29) is 0 Å². The van der Waals surface area contributed by atoms with Gasteiger partial charge in [-0.25, -0.2) is 0 Å². The van der Waals surface area contributed by atoms with E-state index in [0.717, 1.165) is 10.5 Å². The third kappa shape index (κ3) is 3.47. The Balaban J connectivity index is 1.84. The van der Waals surface area contributed by atoms with Gasteiger partial charge in [0.15, 0.2) is 4.80 Å². The predicted molar refractivity (Wildman–Crippen MR) is 105 cm³/mol. The molecular formula is C22H18N2S. The van der Waals surface area contributed by atoms with Crippen molar-refractivity contribution in [1.29, 1.82) is 0 Å². The van der Waals surface area contributed by atoms with E-state index in [1.165, 1.54) is 16.8 Å². The molecule has 0 radical (unpaired) electrons. The second-order valence-corrected chi connectivity index (χ2v) is 6.58. The summed E-state index contributed by atoms with van der Waals surface area (Å²) in [5.74, 6) is 0.